The van der Waals surface area contributed by atoms with Crippen LogP contribution in [0.25, 0.3) is 10.8 Å². The van der Waals surface area contributed by atoms with Crippen LogP contribution in [0.4, 0.5) is 0 Å². The lowest BCUT2D eigenvalue weighted by molar-refractivity contribution is 0.0325. The molecule has 4 rings (SSSR count). The van der Waals surface area contributed by atoms with Crippen molar-refractivity contribution < 1.29 is 14.3 Å². The summed E-state index contributed by atoms with van der Waals surface area (Å²) in [5, 5.41) is 1.85. The van der Waals surface area contributed by atoms with Gasteiger partial charge >= 0.3 is 0 Å². The molecule has 5 nitrogen and oxygen atoms in total. The summed E-state index contributed by atoms with van der Waals surface area (Å²) >= 11 is 0. The van der Waals surface area contributed by atoms with E-state index in [0.29, 0.717) is 37.4 Å². The average molecular weight is 347 g/mol. The zero-order chi connectivity index (χ0) is 15.8. The van der Waals surface area contributed by atoms with Crippen LogP contribution in [0.3, 0.4) is 0 Å². The highest BCUT2D eigenvalue weighted by Gasteiger charge is 2.36. The molecule has 2 aromatic carbocycles. The highest BCUT2D eigenvalue weighted by molar-refractivity contribution is 6.26. The summed E-state index contributed by atoms with van der Waals surface area (Å²) in [7, 11) is 0. The minimum absolute atomic E-state index is 0. The number of halogens is 1. The second-order valence-electron chi connectivity index (χ2n) is 5.93. The normalized spacial score (nSPS) is 17.9. The summed E-state index contributed by atoms with van der Waals surface area (Å²) in [6.07, 6.45) is 0. The average Bonchev–Trinajstić information content (AvgIpc) is 2.85. The molecule has 0 unspecified atom stereocenters. The molecule has 0 aromatic heterocycles. The third-order valence-electron chi connectivity index (χ3n) is 4.61. The first-order valence-corrected chi connectivity index (χ1v) is 7.94. The maximum Gasteiger partial charge on any atom is 0.262 e. The second-order valence-corrected chi connectivity index (χ2v) is 5.93. The van der Waals surface area contributed by atoms with Gasteiger partial charge < -0.3 is 4.74 Å². The first-order chi connectivity index (χ1) is 11.3. The van der Waals surface area contributed by atoms with Crippen molar-refractivity contribution in [2.45, 2.75) is 0 Å². The molecule has 0 N–H and O–H groups in total. The number of hydrogen-bond donors (Lipinski definition) is 0. The molecule has 0 radical (unpaired) electrons. The molecule has 0 bridgehead atoms. The fourth-order valence-electron chi connectivity index (χ4n) is 3.32. The predicted molar refractivity (Wildman–Crippen MR) is 93.8 cm³/mol. The summed E-state index contributed by atoms with van der Waals surface area (Å²) in [4.78, 5) is 29.0. The Hall–Kier alpha value is -1.95. The van der Waals surface area contributed by atoms with Crippen LogP contribution in [-0.4, -0.2) is 61.0 Å². The Labute approximate surface area is 146 Å². The van der Waals surface area contributed by atoms with E-state index in [9.17, 15) is 9.59 Å². The summed E-state index contributed by atoms with van der Waals surface area (Å²) in [5.74, 6) is -0.348. The van der Waals surface area contributed by atoms with Crippen molar-refractivity contribution in [1.29, 1.82) is 0 Å². The third kappa shape index (κ3) is 2.79. The van der Waals surface area contributed by atoms with Crippen molar-refractivity contribution in [2.24, 2.45) is 0 Å². The first-order valence-electron chi connectivity index (χ1n) is 7.94. The minimum Gasteiger partial charge on any atom is -0.379 e. The minimum atomic E-state index is -0.177. The van der Waals surface area contributed by atoms with Gasteiger partial charge in [-0.15, -0.1) is 12.4 Å². The molecule has 24 heavy (non-hydrogen) atoms. The standard InChI is InChI=1S/C18H18N2O3.ClH/c21-17-15-6-5-13-3-1-2-4-14(13)16(15)18(22)20(17)8-7-19-9-11-23-12-10-19;/h1-6H,7-12H2;1H. The zero-order valence-electron chi connectivity index (χ0n) is 13.2. The lowest BCUT2D eigenvalue weighted by Gasteiger charge is -2.27. The van der Waals surface area contributed by atoms with E-state index in [1.54, 1.807) is 6.07 Å². The van der Waals surface area contributed by atoms with E-state index >= 15 is 0 Å². The van der Waals surface area contributed by atoms with Crippen molar-refractivity contribution >= 4 is 35.0 Å². The van der Waals surface area contributed by atoms with Gasteiger partial charge in [0.1, 0.15) is 0 Å². The molecule has 2 aliphatic rings. The smallest absolute Gasteiger partial charge is 0.262 e. The van der Waals surface area contributed by atoms with Gasteiger partial charge in [-0.3, -0.25) is 19.4 Å². The second kappa shape index (κ2) is 6.89. The van der Waals surface area contributed by atoms with E-state index in [0.717, 1.165) is 23.9 Å². The summed E-state index contributed by atoms with van der Waals surface area (Å²) < 4.78 is 5.32. The molecule has 1 saturated heterocycles. The number of ether oxygens (including phenoxy) is 1. The molecule has 126 valence electrons. The first kappa shape index (κ1) is 16.9. The third-order valence-corrected chi connectivity index (χ3v) is 4.61. The summed E-state index contributed by atoms with van der Waals surface area (Å²) in [6, 6.07) is 11.4. The van der Waals surface area contributed by atoms with Gasteiger partial charge in [-0.2, -0.15) is 0 Å². The van der Waals surface area contributed by atoms with Gasteiger partial charge in [0.25, 0.3) is 11.8 Å². The molecule has 0 atom stereocenters. The van der Waals surface area contributed by atoms with Gasteiger partial charge in [0.2, 0.25) is 0 Å². The van der Waals surface area contributed by atoms with Crippen LogP contribution in [0.2, 0.25) is 0 Å². The van der Waals surface area contributed by atoms with E-state index < -0.39 is 0 Å². The number of morpholine rings is 1. The Balaban J connectivity index is 0.00000169. The van der Waals surface area contributed by atoms with Crippen LogP contribution in [-0.2, 0) is 4.74 Å². The SMILES string of the molecule is Cl.O=C1c2ccc3ccccc3c2C(=O)N1CCN1CCOCC1. The highest BCUT2D eigenvalue weighted by Crippen LogP contribution is 2.30. The van der Waals surface area contributed by atoms with Gasteiger partial charge in [-0.25, -0.2) is 0 Å². The molecule has 2 heterocycles. The summed E-state index contributed by atoms with van der Waals surface area (Å²) in [5.41, 5.74) is 1.07. The summed E-state index contributed by atoms with van der Waals surface area (Å²) in [6.45, 7) is 4.27. The Morgan fingerprint density at radius 3 is 2.46 bits per heavy atom. The molecule has 0 aliphatic carbocycles. The number of carbonyl (C=O) groups excluding carboxylic acids is 2. The lowest BCUT2D eigenvalue weighted by atomic mass is 10.0. The number of carbonyl (C=O) groups is 2. The molecule has 2 aliphatic heterocycles. The monoisotopic (exact) mass is 346 g/mol. The van der Waals surface area contributed by atoms with Crippen molar-refractivity contribution in [1.82, 2.24) is 9.80 Å². The van der Waals surface area contributed by atoms with Gasteiger partial charge in [-0.05, 0) is 16.8 Å². The van der Waals surface area contributed by atoms with E-state index in [1.165, 1.54) is 4.90 Å². The molecule has 2 amide bonds. The van der Waals surface area contributed by atoms with Crippen molar-refractivity contribution in [3.63, 3.8) is 0 Å². The molecular weight excluding hydrogens is 328 g/mol. The fraction of sp³-hybridized carbons (Fsp3) is 0.333. The Morgan fingerprint density at radius 1 is 0.917 bits per heavy atom. The number of benzene rings is 2. The van der Waals surface area contributed by atoms with E-state index in [4.69, 9.17) is 4.74 Å². The van der Waals surface area contributed by atoms with E-state index in [2.05, 4.69) is 4.90 Å². The maximum absolute atomic E-state index is 12.8. The molecule has 6 heteroatoms. The highest BCUT2D eigenvalue weighted by atomic mass is 35.5. The van der Waals surface area contributed by atoms with Gasteiger partial charge in [0.15, 0.2) is 0 Å². The Kier molecular flexibility index (Phi) is 4.85. The fourth-order valence-corrected chi connectivity index (χ4v) is 3.32. The number of fused-ring (bicyclic) bond motifs is 3. The van der Waals surface area contributed by atoms with E-state index in [-0.39, 0.29) is 24.2 Å². The quantitative estimate of drug-likeness (QED) is 0.799. The maximum atomic E-state index is 12.8. The Bertz CT molecular complexity index is 787. The zero-order valence-corrected chi connectivity index (χ0v) is 14.1. The van der Waals surface area contributed by atoms with Crippen molar-refractivity contribution in [3.8, 4) is 0 Å². The van der Waals surface area contributed by atoms with Crippen LogP contribution in [0, 0.1) is 0 Å². The van der Waals surface area contributed by atoms with Crippen LogP contribution in [0.15, 0.2) is 36.4 Å². The van der Waals surface area contributed by atoms with Crippen molar-refractivity contribution in [2.75, 3.05) is 39.4 Å². The molecule has 2 aromatic rings. The van der Waals surface area contributed by atoms with Crippen LogP contribution in [0.1, 0.15) is 20.7 Å². The number of hydrogen-bond acceptors (Lipinski definition) is 4. The largest absolute Gasteiger partial charge is 0.379 e. The van der Waals surface area contributed by atoms with Crippen LogP contribution in [0.5, 0.6) is 0 Å². The Morgan fingerprint density at radius 2 is 1.67 bits per heavy atom. The van der Waals surface area contributed by atoms with Crippen LogP contribution < -0.4 is 0 Å². The van der Waals surface area contributed by atoms with Gasteiger partial charge in [0, 0.05) is 26.2 Å². The van der Waals surface area contributed by atoms with Crippen molar-refractivity contribution in [3.05, 3.63) is 47.5 Å². The predicted octanol–water partition coefficient (Wildman–Crippen LogP) is 2.19. The van der Waals surface area contributed by atoms with Crippen LogP contribution >= 0.6 is 12.4 Å². The number of rotatable bonds is 3. The molecule has 0 spiro atoms. The van der Waals surface area contributed by atoms with Gasteiger partial charge in [-0.1, -0.05) is 30.3 Å². The molecule has 1 fully saturated rings. The number of imide groups is 1. The number of nitrogens with zero attached hydrogens (tertiary/aromatic N) is 2. The lowest BCUT2D eigenvalue weighted by Crippen LogP contribution is -2.42. The van der Waals surface area contributed by atoms with Gasteiger partial charge in [0.05, 0.1) is 24.3 Å². The van der Waals surface area contributed by atoms with E-state index in [1.807, 2.05) is 30.3 Å². The topological polar surface area (TPSA) is 49.9 Å². The number of amides is 2. The molecule has 0 saturated carbocycles. The molecular formula is C18H19ClN2O3.